The molecule has 120 valence electrons. The van der Waals surface area contributed by atoms with Gasteiger partial charge in [-0.1, -0.05) is 23.7 Å². The van der Waals surface area contributed by atoms with Crippen LogP contribution < -0.4 is 5.32 Å². The smallest absolute Gasteiger partial charge is 0.306 e. The summed E-state index contributed by atoms with van der Waals surface area (Å²) in [5.74, 6) is -0.490. The van der Waals surface area contributed by atoms with Crippen molar-refractivity contribution >= 4 is 40.6 Å². The minimum Gasteiger partial charge on any atom is -0.325 e. The van der Waals surface area contributed by atoms with Gasteiger partial charge in [0.1, 0.15) is 0 Å². The first-order valence-corrected chi connectivity index (χ1v) is 8.05. The van der Waals surface area contributed by atoms with Crippen molar-refractivity contribution in [3.05, 3.63) is 69.0 Å². The third-order valence-electron chi connectivity index (χ3n) is 2.82. The Morgan fingerprint density at radius 2 is 2.09 bits per heavy atom. The van der Waals surface area contributed by atoms with Gasteiger partial charge in [0, 0.05) is 22.5 Å². The molecular weight excluding hydrogens is 343 g/mol. The lowest BCUT2D eigenvalue weighted by molar-refractivity contribution is -0.387. The summed E-state index contributed by atoms with van der Waals surface area (Å²) in [5.41, 5.74) is 0.508. The van der Waals surface area contributed by atoms with Crippen molar-refractivity contribution in [1.82, 2.24) is 0 Å². The van der Waals surface area contributed by atoms with Crippen LogP contribution in [0.25, 0.3) is 0 Å². The molecule has 0 fully saturated rings. The summed E-state index contributed by atoms with van der Waals surface area (Å²) < 4.78 is 13.2. The van der Waals surface area contributed by atoms with Gasteiger partial charge in [-0.05, 0) is 29.8 Å². The molecule has 0 unspecified atom stereocenters. The minimum atomic E-state index is -0.941. The van der Waals surface area contributed by atoms with Gasteiger partial charge >= 0.3 is 5.69 Å². The molecule has 23 heavy (non-hydrogen) atoms. The SMILES string of the molecule is O=C(CSCc1cccc(Cl)c1)Nc1ccc(F)c([N+](=O)[O-])c1. The third-order valence-corrected chi connectivity index (χ3v) is 4.06. The van der Waals surface area contributed by atoms with E-state index in [1.54, 1.807) is 6.07 Å². The maximum Gasteiger partial charge on any atom is 0.306 e. The zero-order valence-corrected chi connectivity index (χ0v) is 13.4. The van der Waals surface area contributed by atoms with Crippen LogP contribution in [0.15, 0.2) is 42.5 Å². The Morgan fingerprint density at radius 1 is 1.30 bits per heavy atom. The number of rotatable bonds is 6. The van der Waals surface area contributed by atoms with Crippen molar-refractivity contribution in [3.63, 3.8) is 0 Å². The van der Waals surface area contributed by atoms with Crippen molar-refractivity contribution in [2.45, 2.75) is 5.75 Å². The zero-order valence-electron chi connectivity index (χ0n) is 11.8. The van der Waals surface area contributed by atoms with Gasteiger partial charge in [0.2, 0.25) is 11.7 Å². The minimum absolute atomic E-state index is 0.164. The summed E-state index contributed by atoms with van der Waals surface area (Å²) >= 11 is 7.25. The van der Waals surface area contributed by atoms with Crippen molar-refractivity contribution in [3.8, 4) is 0 Å². The fourth-order valence-corrected chi connectivity index (χ4v) is 2.80. The molecule has 5 nitrogen and oxygen atoms in total. The summed E-state index contributed by atoms with van der Waals surface area (Å²) in [6.07, 6.45) is 0. The first-order chi connectivity index (χ1) is 11.0. The van der Waals surface area contributed by atoms with E-state index in [0.717, 1.165) is 17.7 Å². The molecule has 2 aromatic rings. The molecule has 0 radical (unpaired) electrons. The fraction of sp³-hybridized carbons (Fsp3) is 0.133. The highest BCUT2D eigenvalue weighted by Gasteiger charge is 2.15. The van der Waals surface area contributed by atoms with Crippen molar-refractivity contribution in [2.75, 3.05) is 11.1 Å². The second kappa shape index (κ2) is 7.94. The van der Waals surface area contributed by atoms with Gasteiger partial charge in [-0.15, -0.1) is 11.8 Å². The number of nitro groups is 1. The van der Waals surface area contributed by atoms with Gasteiger partial charge in [-0.25, -0.2) is 0 Å². The number of amides is 1. The molecule has 0 aliphatic heterocycles. The predicted molar refractivity (Wildman–Crippen MR) is 89.3 cm³/mol. The van der Waals surface area contributed by atoms with Crippen molar-refractivity contribution < 1.29 is 14.1 Å². The summed E-state index contributed by atoms with van der Waals surface area (Å²) in [5, 5.41) is 13.8. The van der Waals surface area contributed by atoms with Crippen molar-refractivity contribution in [2.24, 2.45) is 0 Å². The molecule has 1 amide bonds. The standard InChI is InChI=1S/C15H12ClFN2O3S/c16-11-3-1-2-10(6-11)8-23-9-15(20)18-12-4-5-13(17)14(7-12)19(21)22/h1-7H,8-9H2,(H,18,20). The van der Waals surface area contributed by atoms with Gasteiger partial charge in [0.25, 0.3) is 0 Å². The van der Waals surface area contributed by atoms with Crippen LogP contribution in [0.4, 0.5) is 15.8 Å². The molecular formula is C15H12ClFN2O3S. The molecule has 0 spiro atoms. The molecule has 0 saturated heterocycles. The molecule has 1 N–H and O–H groups in total. The topological polar surface area (TPSA) is 72.2 Å². The summed E-state index contributed by atoms with van der Waals surface area (Å²) in [6, 6.07) is 10.5. The molecule has 8 heteroatoms. The van der Waals surface area contributed by atoms with Gasteiger partial charge in [-0.3, -0.25) is 14.9 Å². The van der Waals surface area contributed by atoms with Gasteiger partial charge in [0.05, 0.1) is 10.7 Å². The number of hydrogen-bond donors (Lipinski definition) is 1. The van der Waals surface area contributed by atoms with Gasteiger partial charge in [-0.2, -0.15) is 4.39 Å². The molecule has 2 aromatic carbocycles. The van der Waals surface area contributed by atoms with Crippen LogP contribution in [0.3, 0.4) is 0 Å². The number of thioether (sulfide) groups is 1. The molecule has 2 rings (SSSR count). The van der Waals surface area contributed by atoms with Crippen LogP contribution >= 0.6 is 23.4 Å². The Balaban J connectivity index is 1.87. The third kappa shape index (κ3) is 5.22. The number of carbonyl (C=O) groups is 1. The van der Waals surface area contributed by atoms with E-state index in [2.05, 4.69) is 5.32 Å². The Labute approximate surface area is 141 Å². The van der Waals surface area contributed by atoms with E-state index in [1.807, 2.05) is 18.2 Å². The van der Waals surface area contributed by atoms with E-state index in [1.165, 1.54) is 17.8 Å². The normalized spacial score (nSPS) is 10.3. The lowest BCUT2D eigenvalue weighted by Crippen LogP contribution is -2.14. The number of nitro benzene ring substituents is 1. The highest BCUT2D eigenvalue weighted by molar-refractivity contribution is 7.99. The number of nitrogens with one attached hydrogen (secondary N) is 1. The molecule has 0 aromatic heterocycles. The molecule has 0 aliphatic rings. The molecule has 0 bridgehead atoms. The van der Waals surface area contributed by atoms with E-state index in [9.17, 15) is 19.3 Å². The van der Waals surface area contributed by atoms with E-state index in [0.29, 0.717) is 10.8 Å². The summed E-state index contributed by atoms with van der Waals surface area (Å²) in [6.45, 7) is 0. The van der Waals surface area contributed by atoms with Gasteiger partial charge in [0.15, 0.2) is 0 Å². The summed E-state index contributed by atoms with van der Waals surface area (Å²) in [4.78, 5) is 21.6. The zero-order chi connectivity index (χ0) is 16.8. The highest BCUT2D eigenvalue weighted by Crippen LogP contribution is 2.22. The maximum absolute atomic E-state index is 13.2. The lowest BCUT2D eigenvalue weighted by atomic mass is 10.2. The Hall–Kier alpha value is -2.12. The monoisotopic (exact) mass is 354 g/mol. The number of anilines is 1. The number of benzene rings is 2. The van der Waals surface area contributed by atoms with Crippen LogP contribution in [0.1, 0.15) is 5.56 Å². The molecule has 0 saturated carbocycles. The molecule has 0 heterocycles. The van der Waals surface area contributed by atoms with E-state index in [4.69, 9.17) is 11.6 Å². The fourth-order valence-electron chi connectivity index (χ4n) is 1.82. The highest BCUT2D eigenvalue weighted by atomic mass is 35.5. The van der Waals surface area contributed by atoms with Crippen LogP contribution in [-0.4, -0.2) is 16.6 Å². The van der Waals surface area contributed by atoms with Crippen LogP contribution in [0, 0.1) is 15.9 Å². The second-order valence-electron chi connectivity index (χ2n) is 4.59. The molecule has 0 aliphatic carbocycles. The Bertz CT molecular complexity index is 742. The average Bonchev–Trinajstić information content (AvgIpc) is 2.49. The van der Waals surface area contributed by atoms with Crippen LogP contribution in [-0.2, 0) is 10.5 Å². The van der Waals surface area contributed by atoms with Crippen LogP contribution in [0.5, 0.6) is 0 Å². The van der Waals surface area contributed by atoms with E-state index < -0.39 is 16.4 Å². The first kappa shape index (κ1) is 17.2. The quantitative estimate of drug-likeness (QED) is 0.621. The second-order valence-corrected chi connectivity index (χ2v) is 6.02. The van der Waals surface area contributed by atoms with Gasteiger partial charge < -0.3 is 5.32 Å². The Kier molecular flexibility index (Phi) is 5.95. The summed E-state index contributed by atoms with van der Waals surface area (Å²) in [7, 11) is 0. The van der Waals surface area contributed by atoms with E-state index >= 15 is 0 Å². The first-order valence-electron chi connectivity index (χ1n) is 6.51. The van der Waals surface area contributed by atoms with Crippen LogP contribution in [0.2, 0.25) is 5.02 Å². The predicted octanol–water partition coefficient (Wildman–Crippen LogP) is 4.26. The average molecular weight is 355 g/mol. The number of halogens is 2. The van der Waals surface area contributed by atoms with E-state index in [-0.39, 0.29) is 17.3 Å². The number of nitrogens with zero attached hydrogens (tertiary/aromatic N) is 1. The number of hydrogen-bond acceptors (Lipinski definition) is 4. The maximum atomic E-state index is 13.2. The largest absolute Gasteiger partial charge is 0.325 e. The Morgan fingerprint density at radius 3 is 2.78 bits per heavy atom. The molecule has 0 atom stereocenters. The lowest BCUT2D eigenvalue weighted by Gasteiger charge is -2.06. The number of carbonyl (C=O) groups excluding carboxylic acids is 1. The van der Waals surface area contributed by atoms with Crippen molar-refractivity contribution in [1.29, 1.82) is 0 Å².